The van der Waals surface area contributed by atoms with Gasteiger partial charge in [-0.3, -0.25) is 14.4 Å². The van der Waals surface area contributed by atoms with E-state index in [0.29, 0.717) is 12.8 Å². The van der Waals surface area contributed by atoms with Crippen LogP contribution in [0, 0.1) is 17.8 Å². The molecule has 1 spiro atoms. The highest BCUT2D eigenvalue weighted by Crippen LogP contribution is 2.68. The molecule has 0 aliphatic carbocycles. The summed E-state index contributed by atoms with van der Waals surface area (Å²) in [5.74, 6) is -1.32. The Balaban J connectivity index is 2.10. The fraction of sp³-hybridized carbons (Fsp3) is 0.857. The van der Waals surface area contributed by atoms with Crippen LogP contribution in [0.2, 0.25) is 0 Å². The maximum atomic E-state index is 13.8. The first-order chi connectivity index (χ1) is 13.9. The number of aliphatic hydroxyl groups is 1. The van der Waals surface area contributed by atoms with Crippen molar-refractivity contribution in [3.63, 3.8) is 0 Å². The Kier molecular flexibility index (Phi) is 6.58. The number of aliphatic hydroxyl groups excluding tert-OH is 1. The molecule has 3 fully saturated rings. The number of rotatable bonds is 6. The van der Waals surface area contributed by atoms with Gasteiger partial charge in [0.25, 0.3) is 0 Å². The lowest BCUT2D eigenvalue weighted by Gasteiger charge is -2.39. The molecule has 3 amide bonds. The summed E-state index contributed by atoms with van der Waals surface area (Å²) in [7, 11) is 1.59. The third-order valence-electron chi connectivity index (χ3n) is 6.37. The normalized spacial score (nSPS) is 36.2. The molecule has 0 saturated carbocycles. The van der Waals surface area contributed by atoms with Crippen LogP contribution in [-0.2, 0) is 14.4 Å². The summed E-state index contributed by atoms with van der Waals surface area (Å²) in [5.41, 5.74) is -0.456. The average molecular weight is 504 g/mol. The van der Waals surface area contributed by atoms with Gasteiger partial charge in [-0.25, -0.2) is 0 Å². The van der Waals surface area contributed by atoms with E-state index in [1.54, 1.807) is 23.7 Å². The van der Waals surface area contributed by atoms with Crippen molar-refractivity contribution in [3.05, 3.63) is 0 Å². The number of nitrogens with one attached hydrogen (secondary N) is 2. The van der Waals surface area contributed by atoms with E-state index in [2.05, 4.69) is 26.6 Å². The zero-order valence-electron chi connectivity index (χ0n) is 18.6. The van der Waals surface area contributed by atoms with E-state index in [9.17, 15) is 19.5 Å². The summed E-state index contributed by atoms with van der Waals surface area (Å²) in [5, 5.41) is 15.9. The summed E-state index contributed by atoms with van der Waals surface area (Å²) < 4.78 is -0.674. The summed E-state index contributed by atoms with van der Waals surface area (Å²) in [6, 6.07) is -1.17. The molecular formula is C21H34BrN3O4S. The number of alkyl halides is 1. The number of likely N-dealkylation sites (tertiary alicyclic amines) is 1. The van der Waals surface area contributed by atoms with Crippen molar-refractivity contribution in [2.45, 2.75) is 79.9 Å². The summed E-state index contributed by atoms with van der Waals surface area (Å²) in [4.78, 5) is 41.9. The van der Waals surface area contributed by atoms with E-state index in [-0.39, 0.29) is 40.3 Å². The molecule has 30 heavy (non-hydrogen) atoms. The van der Waals surface area contributed by atoms with Crippen molar-refractivity contribution >= 4 is 45.4 Å². The van der Waals surface area contributed by atoms with Gasteiger partial charge < -0.3 is 20.6 Å². The second-order valence-corrected chi connectivity index (χ2v) is 12.9. The number of nitrogens with zero attached hydrogens (tertiary/aromatic N) is 1. The Morgan fingerprint density at radius 1 is 1.33 bits per heavy atom. The van der Waals surface area contributed by atoms with Gasteiger partial charge >= 0.3 is 0 Å². The molecule has 3 unspecified atom stereocenters. The number of amides is 3. The molecule has 0 radical (unpaired) electrons. The highest BCUT2D eigenvalue weighted by molar-refractivity contribution is 9.09. The molecule has 7 atom stereocenters. The molecule has 3 aliphatic rings. The van der Waals surface area contributed by atoms with E-state index in [1.165, 1.54) is 0 Å². The van der Waals surface area contributed by atoms with E-state index < -0.39 is 34.2 Å². The molecule has 3 N–H and O–H groups in total. The van der Waals surface area contributed by atoms with Crippen molar-refractivity contribution in [3.8, 4) is 0 Å². The molecule has 9 heteroatoms. The molecule has 3 aliphatic heterocycles. The minimum atomic E-state index is -0.713. The van der Waals surface area contributed by atoms with E-state index >= 15 is 0 Å². The lowest BCUT2D eigenvalue weighted by atomic mass is 9.70. The summed E-state index contributed by atoms with van der Waals surface area (Å²) in [6.45, 7) is 9.61. The standard InChI is InChI=1S/C21H34BrN3O4S/c1-10(2)7-11(9-26)25-16(18(28)24-20(3,4)5)21-8-12(22)15(30-21)13(17(27)23-6)14(21)19(25)29/h10-16,26H,7-9H2,1-6H3,(H,23,27)(H,24,28)/t11-,12?,13+,14+,15+,16?,21?/m1/s1. The first-order valence-electron chi connectivity index (χ1n) is 10.7. The Labute approximate surface area is 191 Å². The lowest BCUT2D eigenvalue weighted by molar-refractivity contribution is -0.143. The van der Waals surface area contributed by atoms with Gasteiger partial charge in [0.15, 0.2) is 0 Å². The van der Waals surface area contributed by atoms with Gasteiger partial charge in [-0.05, 0) is 39.5 Å². The average Bonchev–Trinajstić information content (AvgIpc) is 3.21. The molecular weight excluding hydrogens is 470 g/mol. The van der Waals surface area contributed by atoms with E-state index in [1.807, 2.05) is 34.6 Å². The minimum absolute atomic E-state index is 0.0522. The monoisotopic (exact) mass is 503 g/mol. The van der Waals surface area contributed by atoms with Crippen LogP contribution in [0.5, 0.6) is 0 Å². The van der Waals surface area contributed by atoms with Crippen LogP contribution in [0.15, 0.2) is 0 Å². The Morgan fingerprint density at radius 3 is 2.47 bits per heavy atom. The summed E-state index contributed by atoms with van der Waals surface area (Å²) >= 11 is 5.34. The highest BCUT2D eigenvalue weighted by Gasteiger charge is 2.76. The van der Waals surface area contributed by atoms with Crippen LogP contribution in [0.3, 0.4) is 0 Å². The van der Waals surface area contributed by atoms with Gasteiger partial charge in [0, 0.05) is 22.7 Å². The number of halogens is 1. The van der Waals surface area contributed by atoms with E-state index in [4.69, 9.17) is 0 Å². The van der Waals surface area contributed by atoms with E-state index in [0.717, 1.165) is 0 Å². The largest absolute Gasteiger partial charge is 0.394 e. The predicted molar refractivity (Wildman–Crippen MR) is 121 cm³/mol. The quantitative estimate of drug-likeness (QED) is 0.477. The lowest BCUT2D eigenvalue weighted by Crippen LogP contribution is -2.59. The molecule has 0 aromatic heterocycles. The number of hydrogen-bond donors (Lipinski definition) is 3. The maximum absolute atomic E-state index is 13.8. The molecule has 3 heterocycles. The van der Waals surface area contributed by atoms with Crippen LogP contribution >= 0.6 is 27.7 Å². The van der Waals surface area contributed by atoms with Crippen LogP contribution in [0.25, 0.3) is 0 Å². The van der Waals surface area contributed by atoms with Gasteiger partial charge in [0.1, 0.15) is 6.04 Å². The van der Waals surface area contributed by atoms with Crippen LogP contribution in [-0.4, -0.2) is 73.8 Å². The third-order valence-corrected chi connectivity index (χ3v) is 9.59. The van der Waals surface area contributed by atoms with Gasteiger partial charge in [0.2, 0.25) is 17.7 Å². The number of hydrogen-bond acceptors (Lipinski definition) is 5. The first-order valence-corrected chi connectivity index (χ1v) is 12.5. The van der Waals surface area contributed by atoms with Crippen molar-refractivity contribution in [1.29, 1.82) is 0 Å². The zero-order chi connectivity index (χ0) is 22.6. The van der Waals surface area contributed by atoms with Gasteiger partial charge in [0.05, 0.1) is 29.2 Å². The topological polar surface area (TPSA) is 98.7 Å². The number of fused-ring (bicyclic) bond motifs is 1. The molecule has 2 bridgehead atoms. The van der Waals surface area contributed by atoms with Crippen LogP contribution < -0.4 is 10.6 Å². The number of thioether (sulfide) groups is 1. The second kappa shape index (κ2) is 8.28. The first kappa shape index (κ1) is 23.9. The van der Waals surface area contributed by atoms with Crippen LogP contribution in [0.1, 0.15) is 47.5 Å². The second-order valence-electron chi connectivity index (χ2n) is 10.2. The molecule has 0 aromatic carbocycles. The molecule has 170 valence electrons. The molecule has 3 rings (SSSR count). The van der Waals surface area contributed by atoms with Crippen LogP contribution in [0.4, 0.5) is 0 Å². The molecule has 7 nitrogen and oxygen atoms in total. The smallest absolute Gasteiger partial charge is 0.244 e. The van der Waals surface area contributed by atoms with Crippen molar-refractivity contribution in [2.75, 3.05) is 13.7 Å². The van der Waals surface area contributed by atoms with Crippen molar-refractivity contribution in [2.24, 2.45) is 17.8 Å². The fourth-order valence-corrected chi connectivity index (χ4v) is 9.08. The SMILES string of the molecule is CNC(=O)[C@H]1[C@H]2C(=O)N([C@@H](CO)CC(C)C)C(C(=O)NC(C)(C)C)C23CC(Br)[C@@H]1S3. The summed E-state index contributed by atoms with van der Waals surface area (Å²) in [6.07, 6.45) is 1.24. The van der Waals surface area contributed by atoms with Gasteiger partial charge in [-0.15, -0.1) is 11.8 Å². The predicted octanol–water partition coefficient (Wildman–Crippen LogP) is 1.52. The minimum Gasteiger partial charge on any atom is -0.394 e. The molecule has 0 aromatic rings. The Hall–Kier alpha value is -0.800. The highest BCUT2D eigenvalue weighted by atomic mass is 79.9. The number of carbonyl (C=O) groups excluding carboxylic acids is 3. The third kappa shape index (κ3) is 3.79. The fourth-order valence-electron chi connectivity index (χ4n) is 5.48. The maximum Gasteiger partial charge on any atom is 0.244 e. The molecule has 3 saturated heterocycles. The Bertz CT molecular complexity index is 728. The Morgan fingerprint density at radius 2 is 1.97 bits per heavy atom. The van der Waals surface area contributed by atoms with Crippen molar-refractivity contribution < 1.29 is 19.5 Å². The van der Waals surface area contributed by atoms with Crippen molar-refractivity contribution in [1.82, 2.24) is 15.5 Å². The van der Waals surface area contributed by atoms with Gasteiger partial charge in [-0.1, -0.05) is 29.8 Å². The zero-order valence-corrected chi connectivity index (χ0v) is 21.0. The van der Waals surface area contributed by atoms with Gasteiger partial charge in [-0.2, -0.15) is 0 Å². The number of carbonyl (C=O) groups is 3.